The molecule has 0 fully saturated rings. The van der Waals surface area contributed by atoms with E-state index in [-0.39, 0.29) is 5.54 Å². The van der Waals surface area contributed by atoms with Crippen LogP contribution in [-0.2, 0) is 24.4 Å². The highest BCUT2D eigenvalue weighted by molar-refractivity contribution is 7.14. The van der Waals surface area contributed by atoms with E-state index in [1.54, 1.807) is 11.3 Å². The summed E-state index contributed by atoms with van der Waals surface area (Å²) in [6.07, 6.45) is 0.920. The number of ether oxygens (including phenoxy) is 1. The van der Waals surface area contributed by atoms with Crippen LogP contribution in [0.1, 0.15) is 36.9 Å². The highest BCUT2D eigenvalue weighted by Crippen LogP contribution is 2.28. The molecular formula is C16H21N3OS. The van der Waals surface area contributed by atoms with Gasteiger partial charge in [-0.3, -0.25) is 0 Å². The Balaban J connectivity index is 1.67. The van der Waals surface area contributed by atoms with E-state index in [0.717, 1.165) is 35.2 Å². The predicted molar refractivity (Wildman–Crippen MR) is 85.3 cm³/mol. The van der Waals surface area contributed by atoms with Crippen LogP contribution >= 0.6 is 11.3 Å². The average Bonchev–Trinajstić information content (AvgIpc) is 3.04. The van der Waals surface area contributed by atoms with E-state index in [0.29, 0.717) is 6.61 Å². The summed E-state index contributed by atoms with van der Waals surface area (Å²) in [5.41, 5.74) is 3.86. The summed E-state index contributed by atoms with van der Waals surface area (Å²) in [6, 6.07) is 6.44. The largest absolute Gasteiger partial charge is 0.372 e. The van der Waals surface area contributed by atoms with Crippen molar-refractivity contribution in [1.82, 2.24) is 15.5 Å². The third-order valence-corrected chi connectivity index (χ3v) is 4.46. The second-order valence-corrected chi connectivity index (χ2v) is 7.47. The highest BCUT2D eigenvalue weighted by atomic mass is 32.1. The Morgan fingerprint density at radius 3 is 2.81 bits per heavy atom. The van der Waals surface area contributed by atoms with Gasteiger partial charge < -0.3 is 10.1 Å². The van der Waals surface area contributed by atoms with Crippen LogP contribution in [0.3, 0.4) is 0 Å². The van der Waals surface area contributed by atoms with Crippen molar-refractivity contribution in [3.63, 3.8) is 0 Å². The first kappa shape index (κ1) is 14.6. The summed E-state index contributed by atoms with van der Waals surface area (Å²) >= 11 is 1.68. The standard InChI is InChI=1S/C16H21N3OS/c1-16(2,3)17-7-6-14-18-19-15(21-14)11-4-5-12-9-20-10-13(12)8-11/h4-5,8,17H,6-7,9-10H2,1-3H3. The maximum atomic E-state index is 5.46. The molecule has 1 N–H and O–H groups in total. The van der Waals surface area contributed by atoms with Crippen molar-refractivity contribution >= 4 is 11.3 Å². The van der Waals surface area contributed by atoms with Crippen molar-refractivity contribution < 1.29 is 4.74 Å². The number of rotatable bonds is 4. The lowest BCUT2D eigenvalue weighted by Gasteiger charge is -2.19. The quantitative estimate of drug-likeness (QED) is 0.942. The third-order valence-electron chi connectivity index (χ3n) is 3.43. The molecule has 1 aliphatic heterocycles. The summed E-state index contributed by atoms with van der Waals surface area (Å²) in [5, 5.41) is 14.2. The number of nitrogens with zero attached hydrogens (tertiary/aromatic N) is 2. The monoisotopic (exact) mass is 303 g/mol. The first-order valence-electron chi connectivity index (χ1n) is 7.29. The minimum atomic E-state index is 0.146. The van der Waals surface area contributed by atoms with E-state index >= 15 is 0 Å². The minimum absolute atomic E-state index is 0.146. The summed E-state index contributed by atoms with van der Waals surface area (Å²) in [7, 11) is 0. The molecule has 0 radical (unpaired) electrons. The second kappa shape index (κ2) is 5.83. The molecule has 0 bridgehead atoms. The molecule has 0 unspecified atom stereocenters. The number of nitrogens with one attached hydrogen (secondary N) is 1. The third kappa shape index (κ3) is 3.67. The van der Waals surface area contributed by atoms with E-state index < -0.39 is 0 Å². The van der Waals surface area contributed by atoms with Gasteiger partial charge in [-0.25, -0.2) is 0 Å². The maximum absolute atomic E-state index is 5.46. The molecule has 1 aromatic carbocycles. The fourth-order valence-corrected chi connectivity index (χ4v) is 3.16. The van der Waals surface area contributed by atoms with Gasteiger partial charge in [0.1, 0.15) is 10.0 Å². The van der Waals surface area contributed by atoms with Crippen molar-refractivity contribution in [3.8, 4) is 10.6 Å². The molecule has 0 saturated carbocycles. The highest BCUT2D eigenvalue weighted by Gasteiger charge is 2.14. The fraction of sp³-hybridized carbons (Fsp3) is 0.500. The summed E-state index contributed by atoms with van der Waals surface area (Å²) in [4.78, 5) is 0. The molecule has 21 heavy (non-hydrogen) atoms. The van der Waals surface area contributed by atoms with Crippen LogP contribution in [0.4, 0.5) is 0 Å². The predicted octanol–water partition coefficient (Wildman–Crippen LogP) is 3.17. The second-order valence-electron chi connectivity index (χ2n) is 6.40. The van der Waals surface area contributed by atoms with E-state index in [9.17, 15) is 0 Å². The first-order chi connectivity index (χ1) is 10.0. The van der Waals surface area contributed by atoms with Crippen molar-refractivity contribution in [1.29, 1.82) is 0 Å². The molecule has 0 saturated heterocycles. The van der Waals surface area contributed by atoms with E-state index in [4.69, 9.17) is 4.74 Å². The molecule has 0 amide bonds. The van der Waals surface area contributed by atoms with Crippen molar-refractivity contribution in [3.05, 3.63) is 34.3 Å². The number of aromatic nitrogens is 2. The van der Waals surface area contributed by atoms with Gasteiger partial charge in [-0.15, -0.1) is 10.2 Å². The zero-order valence-electron chi connectivity index (χ0n) is 12.8. The van der Waals surface area contributed by atoms with Crippen LogP contribution in [0.15, 0.2) is 18.2 Å². The Hall–Kier alpha value is -1.30. The normalized spacial score (nSPS) is 14.4. The lowest BCUT2D eigenvalue weighted by molar-refractivity contribution is 0.134. The van der Waals surface area contributed by atoms with Crippen LogP contribution in [0.25, 0.3) is 10.6 Å². The zero-order chi connectivity index (χ0) is 14.9. The lowest BCUT2D eigenvalue weighted by Crippen LogP contribution is -2.37. The van der Waals surface area contributed by atoms with Gasteiger partial charge in [0, 0.05) is 24.1 Å². The number of benzene rings is 1. The molecule has 0 atom stereocenters. The lowest BCUT2D eigenvalue weighted by atomic mass is 10.1. The number of hydrogen-bond acceptors (Lipinski definition) is 5. The molecule has 112 valence electrons. The van der Waals surface area contributed by atoms with Gasteiger partial charge in [0.15, 0.2) is 0 Å². The number of fused-ring (bicyclic) bond motifs is 1. The van der Waals surface area contributed by atoms with Gasteiger partial charge in [-0.05, 0) is 38.0 Å². The van der Waals surface area contributed by atoms with Crippen molar-refractivity contribution in [2.75, 3.05) is 6.54 Å². The summed E-state index contributed by atoms with van der Waals surface area (Å²) < 4.78 is 5.46. The van der Waals surface area contributed by atoms with Gasteiger partial charge in [0.25, 0.3) is 0 Å². The van der Waals surface area contributed by atoms with Crippen LogP contribution in [-0.4, -0.2) is 22.3 Å². The molecule has 0 spiro atoms. The molecule has 3 rings (SSSR count). The fourth-order valence-electron chi connectivity index (χ4n) is 2.32. The van der Waals surface area contributed by atoms with Crippen molar-refractivity contribution in [2.24, 2.45) is 0 Å². The number of hydrogen-bond donors (Lipinski definition) is 1. The maximum Gasteiger partial charge on any atom is 0.147 e. The van der Waals surface area contributed by atoms with E-state index in [2.05, 4.69) is 54.5 Å². The Morgan fingerprint density at radius 2 is 2.00 bits per heavy atom. The van der Waals surface area contributed by atoms with Gasteiger partial charge in [-0.2, -0.15) is 0 Å². The molecule has 4 nitrogen and oxygen atoms in total. The Morgan fingerprint density at radius 1 is 1.19 bits per heavy atom. The topological polar surface area (TPSA) is 47.0 Å². The van der Waals surface area contributed by atoms with Crippen LogP contribution < -0.4 is 5.32 Å². The first-order valence-corrected chi connectivity index (χ1v) is 8.10. The van der Waals surface area contributed by atoms with Gasteiger partial charge in [-0.1, -0.05) is 23.5 Å². The van der Waals surface area contributed by atoms with Crippen LogP contribution in [0.2, 0.25) is 0 Å². The van der Waals surface area contributed by atoms with Gasteiger partial charge >= 0.3 is 0 Å². The van der Waals surface area contributed by atoms with Crippen LogP contribution in [0, 0.1) is 0 Å². The van der Waals surface area contributed by atoms with Gasteiger partial charge in [0.05, 0.1) is 13.2 Å². The zero-order valence-corrected chi connectivity index (χ0v) is 13.6. The molecule has 5 heteroatoms. The summed E-state index contributed by atoms with van der Waals surface area (Å²) in [5.74, 6) is 0. The van der Waals surface area contributed by atoms with E-state index in [1.807, 2.05) is 0 Å². The Bertz CT molecular complexity index is 631. The van der Waals surface area contributed by atoms with Crippen LogP contribution in [0.5, 0.6) is 0 Å². The SMILES string of the molecule is CC(C)(C)NCCc1nnc(-c2ccc3c(c2)COC3)s1. The van der Waals surface area contributed by atoms with E-state index in [1.165, 1.54) is 11.1 Å². The molecule has 1 aromatic heterocycles. The van der Waals surface area contributed by atoms with Crippen molar-refractivity contribution in [2.45, 2.75) is 45.9 Å². The average molecular weight is 303 g/mol. The Kier molecular flexibility index (Phi) is 4.06. The Labute approximate surface area is 129 Å². The molecule has 1 aliphatic rings. The molecule has 2 aromatic rings. The smallest absolute Gasteiger partial charge is 0.147 e. The summed E-state index contributed by atoms with van der Waals surface area (Å²) in [6.45, 7) is 8.89. The molecule has 0 aliphatic carbocycles. The molecule has 2 heterocycles. The van der Waals surface area contributed by atoms with Gasteiger partial charge in [0.2, 0.25) is 0 Å². The minimum Gasteiger partial charge on any atom is -0.372 e. The molecular weight excluding hydrogens is 282 g/mol.